The van der Waals surface area contributed by atoms with E-state index >= 15 is 0 Å². The lowest BCUT2D eigenvalue weighted by atomic mass is 10.2. The van der Waals surface area contributed by atoms with Crippen LogP contribution in [-0.4, -0.2) is 43.5 Å². The number of rotatable bonds is 7. The Morgan fingerprint density at radius 1 is 1.54 bits per heavy atom. The molecule has 0 radical (unpaired) electrons. The molecule has 1 aliphatic rings. The third kappa shape index (κ3) is 4.34. The van der Waals surface area contributed by atoms with Crippen molar-refractivity contribution in [2.24, 2.45) is 5.92 Å². The van der Waals surface area contributed by atoms with E-state index < -0.39 is 0 Å². The van der Waals surface area contributed by atoms with Crippen molar-refractivity contribution in [3.05, 3.63) is 0 Å². The first-order valence-electron chi connectivity index (χ1n) is 5.11. The van der Waals surface area contributed by atoms with Crippen molar-refractivity contribution in [3.8, 4) is 0 Å². The molecule has 0 spiro atoms. The maximum atomic E-state index is 5.10. The summed E-state index contributed by atoms with van der Waals surface area (Å²) < 4.78 is 5.10. The number of nitrogens with zero attached hydrogens (tertiary/aromatic N) is 1. The molecule has 2 nitrogen and oxygen atoms in total. The molecule has 1 unspecified atom stereocenters. The predicted molar refractivity (Wildman–Crippen MR) is 59.5 cm³/mol. The molecule has 1 atom stereocenters. The normalized spacial score (nSPS) is 19.4. The largest absolute Gasteiger partial charge is 0.383 e. The molecule has 78 valence electrons. The fourth-order valence-corrected chi connectivity index (χ4v) is 1.64. The molecular formula is C10H21NOS. The van der Waals surface area contributed by atoms with Crippen molar-refractivity contribution in [1.29, 1.82) is 0 Å². The van der Waals surface area contributed by atoms with Crippen LogP contribution in [0.15, 0.2) is 0 Å². The number of hydrogen-bond donors (Lipinski definition) is 1. The Labute approximate surface area is 87.0 Å². The van der Waals surface area contributed by atoms with Crippen LogP contribution in [-0.2, 0) is 4.74 Å². The molecular weight excluding hydrogens is 182 g/mol. The summed E-state index contributed by atoms with van der Waals surface area (Å²) in [7, 11) is 1.77. The summed E-state index contributed by atoms with van der Waals surface area (Å²) in [6, 6.07) is 0.845. The maximum absolute atomic E-state index is 5.10. The Hall–Kier alpha value is 0.270. The molecule has 0 aromatic heterocycles. The SMILES string of the molecule is COCCN(CC(C)CS)C1CC1. The minimum atomic E-state index is 0.695. The van der Waals surface area contributed by atoms with E-state index in [1.807, 2.05) is 0 Å². The van der Waals surface area contributed by atoms with Gasteiger partial charge in [0.05, 0.1) is 6.61 Å². The molecule has 0 saturated heterocycles. The van der Waals surface area contributed by atoms with Gasteiger partial charge in [-0.2, -0.15) is 12.6 Å². The Bertz CT molecular complexity index is 139. The second-order valence-electron chi connectivity index (χ2n) is 4.01. The Kier molecular flexibility index (Phi) is 5.14. The second kappa shape index (κ2) is 5.89. The molecule has 1 aliphatic carbocycles. The smallest absolute Gasteiger partial charge is 0.0589 e. The van der Waals surface area contributed by atoms with Gasteiger partial charge in [0, 0.05) is 26.2 Å². The lowest BCUT2D eigenvalue weighted by Gasteiger charge is -2.24. The van der Waals surface area contributed by atoms with Gasteiger partial charge < -0.3 is 4.74 Å². The molecule has 0 aromatic rings. The van der Waals surface area contributed by atoms with E-state index in [4.69, 9.17) is 4.74 Å². The van der Waals surface area contributed by atoms with Gasteiger partial charge in [-0.1, -0.05) is 6.92 Å². The molecule has 1 saturated carbocycles. The summed E-state index contributed by atoms with van der Waals surface area (Å²) in [5.41, 5.74) is 0. The molecule has 0 amide bonds. The van der Waals surface area contributed by atoms with Gasteiger partial charge in [-0.05, 0) is 24.5 Å². The van der Waals surface area contributed by atoms with E-state index in [1.54, 1.807) is 7.11 Å². The van der Waals surface area contributed by atoms with E-state index in [1.165, 1.54) is 19.4 Å². The van der Waals surface area contributed by atoms with E-state index in [9.17, 15) is 0 Å². The van der Waals surface area contributed by atoms with Crippen LogP contribution < -0.4 is 0 Å². The van der Waals surface area contributed by atoms with Gasteiger partial charge >= 0.3 is 0 Å². The third-order valence-corrected chi connectivity index (χ3v) is 3.13. The molecule has 0 aromatic carbocycles. The van der Waals surface area contributed by atoms with Crippen LogP contribution in [0.3, 0.4) is 0 Å². The van der Waals surface area contributed by atoms with Gasteiger partial charge in [-0.3, -0.25) is 4.90 Å². The van der Waals surface area contributed by atoms with Crippen molar-refractivity contribution >= 4 is 12.6 Å². The van der Waals surface area contributed by atoms with Gasteiger partial charge in [0.25, 0.3) is 0 Å². The lowest BCUT2D eigenvalue weighted by Crippen LogP contribution is -2.34. The summed E-state index contributed by atoms with van der Waals surface area (Å²) in [4.78, 5) is 2.55. The number of thiol groups is 1. The number of methoxy groups -OCH3 is 1. The standard InChI is InChI=1S/C10H21NOS/c1-9(8-13)7-11(5-6-12-2)10-3-4-10/h9-10,13H,3-8H2,1-2H3. The maximum Gasteiger partial charge on any atom is 0.0589 e. The van der Waals surface area contributed by atoms with Gasteiger partial charge in [-0.25, -0.2) is 0 Å². The van der Waals surface area contributed by atoms with Crippen molar-refractivity contribution in [3.63, 3.8) is 0 Å². The zero-order valence-electron chi connectivity index (χ0n) is 8.70. The van der Waals surface area contributed by atoms with Crippen LogP contribution >= 0.6 is 12.6 Å². The predicted octanol–water partition coefficient (Wildman–Crippen LogP) is 1.66. The quantitative estimate of drug-likeness (QED) is 0.632. The summed E-state index contributed by atoms with van der Waals surface area (Å²) >= 11 is 4.31. The highest BCUT2D eigenvalue weighted by Crippen LogP contribution is 2.27. The van der Waals surface area contributed by atoms with Crippen LogP contribution in [0.1, 0.15) is 19.8 Å². The van der Waals surface area contributed by atoms with Gasteiger partial charge in [0.1, 0.15) is 0 Å². The molecule has 3 heteroatoms. The summed E-state index contributed by atoms with van der Waals surface area (Å²) in [5, 5.41) is 0. The zero-order chi connectivity index (χ0) is 9.68. The van der Waals surface area contributed by atoms with Crippen LogP contribution in [0.2, 0.25) is 0 Å². The van der Waals surface area contributed by atoms with Gasteiger partial charge in [-0.15, -0.1) is 0 Å². The van der Waals surface area contributed by atoms with Gasteiger partial charge in [0.2, 0.25) is 0 Å². The Morgan fingerprint density at radius 3 is 2.69 bits per heavy atom. The molecule has 1 rings (SSSR count). The highest BCUT2D eigenvalue weighted by atomic mass is 32.1. The first-order valence-corrected chi connectivity index (χ1v) is 5.75. The minimum Gasteiger partial charge on any atom is -0.383 e. The zero-order valence-corrected chi connectivity index (χ0v) is 9.59. The van der Waals surface area contributed by atoms with E-state index in [-0.39, 0.29) is 0 Å². The van der Waals surface area contributed by atoms with E-state index in [0.29, 0.717) is 5.92 Å². The summed E-state index contributed by atoms with van der Waals surface area (Å²) in [6.07, 6.45) is 2.76. The highest BCUT2D eigenvalue weighted by molar-refractivity contribution is 7.80. The van der Waals surface area contributed by atoms with Crippen molar-refractivity contribution in [2.45, 2.75) is 25.8 Å². The molecule has 0 heterocycles. The van der Waals surface area contributed by atoms with Gasteiger partial charge in [0.15, 0.2) is 0 Å². The van der Waals surface area contributed by atoms with Crippen molar-refractivity contribution in [1.82, 2.24) is 4.90 Å². The molecule has 1 fully saturated rings. The van der Waals surface area contributed by atoms with Crippen LogP contribution in [0.25, 0.3) is 0 Å². The molecule has 0 aliphatic heterocycles. The number of hydrogen-bond acceptors (Lipinski definition) is 3. The fourth-order valence-electron chi connectivity index (χ4n) is 1.53. The first kappa shape index (κ1) is 11.3. The van der Waals surface area contributed by atoms with E-state index in [0.717, 1.165) is 24.9 Å². The fraction of sp³-hybridized carbons (Fsp3) is 1.00. The van der Waals surface area contributed by atoms with Crippen LogP contribution in [0.5, 0.6) is 0 Å². The molecule has 0 bridgehead atoms. The average Bonchev–Trinajstić information content (AvgIpc) is 2.94. The topological polar surface area (TPSA) is 12.5 Å². The van der Waals surface area contributed by atoms with Crippen LogP contribution in [0.4, 0.5) is 0 Å². The van der Waals surface area contributed by atoms with Crippen molar-refractivity contribution < 1.29 is 4.74 Å². The highest BCUT2D eigenvalue weighted by Gasteiger charge is 2.28. The Morgan fingerprint density at radius 2 is 2.23 bits per heavy atom. The monoisotopic (exact) mass is 203 g/mol. The second-order valence-corrected chi connectivity index (χ2v) is 4.37. The lowest BCUT2D eigenvalue weighted by molar-refractivity contribution is 0.136. The third-order valence-electron chi connectivity index (χ3n) is 2.50. The summed E-state index contributed by atoms with van der Waals surface area (Å²) in [6.45, 7) is 5.38. The first-order chi connectivity index (χ1) is 6.27. The molecule has 0 N–H and O–H groups in total. The Balaban J connectivity index is 2.20. The minimum absolute atomic E-state index is 0.695. The number of ether oxygens (including phenoxy) is 1. The summed E-state index contributed by atoms with van der Waals surface area (Å²) in [5.74, 6) is 1.68. The van der Waals surface area contributed by atoms with E-state index in [2.05, 4.69) is 24.5 Å². The van der Waals surface area contributed by atoms with Crippen molar-refractivity contribution in [2.75, 3.05) is 32.6 Å². The molecule has 13 heavy (non-hydrogen) atoms. The van der Waals surface area contributed by atoms with Crippen LogP contribution in [0, 0.1) is 5.92 Å². The average molecular weight is 203 g/mol.